The lowest BCUT2D eigenvalue weighted by molar-refractivity contribution is 0.723. The summed E-state index contributed by atoms with van der Waals surface area (Å²) in [6.07, 6.45) is 10.3. The first kappa shape index (κ1) is 47.8. The van der Waals surface area contributed by atoms with Crippen molar-refractivity contribution >= 4 is 66.4 Å². The Morgan fingerprint density at radius 1 is 0.351 bits per heavy atom. The van der Waals surface area contributed by atoms with Crippen LogP contribution >= 0.6 is 0 Å². The van der Waals surface area contributed by atoms with E-state index in [0.717, 1.165) is 0 Å². The fourth-order valence-corrected chi connectivity index (χ4v) is 13.3. The Balaban J connectivity index is 1.17. The molecule has 10 aromatic rings. The summed E-state index contributed by atoms with van der Waals surface area (Å²) in [5.74, 6) is 1.77. The van der Waals surface area contributed by atoms with Crippen LogP contribution in [0, 0.1) is 27.7 Å². The van der Waals surface area contributed by atoms with Crippen molar-refractivity contribution in [3.8, 4) is 22.3 Å². The molecular formula is C72H72N2. The first-order valence-corrected chi connectivity index (χ1v) is 27.9. The van der Waals surface area contributed by atoms with Gasteiger partial charge < -0.3 is 9.80 Å². The summed E-state index contributed by atoms with van der Waals surface area (Å²) in [6, 6.07) is 66.2. The zero-order valence-corrected chi connectivity index (χ0v) is 45.0. The van der Waals surface area contributed by atoms with E-state index in [0.29, 0.717) is 11.8 Å². The molecule has 0 aromatic heterocycles. The fourth-order valence-electron chi connectivity index (χ4n) is 13.3. The van der Waals surface area contributed by atoms with Crippen molar-refractivity contribution in [1.82, 2.24) is 0 Å². The molecule has 370 valence electrons. The quantitative estimate of drug-likeness (QED) is 0.113. The number of benzene rings is 10. The first-order chi connectivity index (χ1) is 36.0. The molecule has 0 amide bonds. The van der Waals surface area contributed by atoms with Crippen molar-refractivity contribution in [3.63, 3.8) is 0 Å². The Morgan fingerprint density at radius 3 is 1.14 bits per heavy atom. The van der Waals surface area contributed by atoms with Gasteiger partial charge in [-0.05, 0) is 214 Å². The average Bonchev–Trinajstić information content (AvgIpc) is 4.19. The van der Waals surface area contributed by atoms with Gasteiger partial charge in [0, 0.05) is 33.5 Å². The van der Waals surface area contributed by atoms with Crippen molar-refractivity contribution in [2.45, 2.75) is 130 Å². The number of rotatable bonds is 12. The minimum atomic E-state index is 0.287. The van der Waals surface area contributed by atoms with Gasteiger partial charge in [0.15, 0.2) is 0 Å². The molecule has 2 fully saturated rings. The molecule has 10 aromatic carbocycles. The van der Waals surface area contributed by atoms with E-state index in [1.165, 1.54) is 185 Å². The van der Waals surface area contributed by atoms with E-state index in [-0.39, 0.29) is 11.8 Å². The van der Waals surface area contributed by atoms with Crippen LogP contribution in [0.4, 0.5) is 34.1 Å². The van der Waals surface area contributed by atoms with Gasteiger partial charge in [0.05, 0.1) is 11.4 Å². The highest BCUT2D eigenvalue weighted by Gasteiger charge is 2.29. The van der Waals surface area contributed by atoms with Crippen LogP contribution in [-0.4, -0.2) is 0 Å². The molecule has 12 rings (SSSR count). The van der Waals surface area contributed by atoms with E-state index in [9.17, 15) is 0 Å². The van der Waals surface area contributed by atoms with Gasteiger partial charge in [0.1, 0.15) is 0 Å². The molecule has 74 heavy (non-hydrogen) atoms. The Morgan fingerprint density at radius 2 is 0.743 bits per heavy atom. The van der Waals surface area contributed by atoms with Crippen molar-refractivity contribution in [2.75, 3.05) is 9.80 Å². The van der Waals surface area contributed by atoms with Gasteiger partial charge in [-0.2, -0.15) is 0 Å². The highest BCUT2D eigenvalue weighted by Crippen LogP contribution is 2.53. The summed E-state index contributed by atoms with van der Waals surface area (Å²) >= 11 is 0. The molecule has 2 aliphatic carbocycles. The summed E-state index contributed by atoms with van der Waals surface area (Å²) < 4.78 is 0. The molecule has 0 unspecified atom stereocenters. The highest BCUT2D eigenvalue weighted by molar-refractivity contribution is 6.29. The third-order valence-electron chi connectivity index (χ3n) is 17.4. The van der Waals surface area contributed by atoms with E-state index < -0.39 is 0 Å². The van der Waals surface area contributed by atoms with Crippen LogP contribution in [0.3, 0.4) is 0 Å². The Bertz CT molecular complexity index is 3460. The van der Waals surface area contributed by atoms with E-state index in [2.05, 4.69) is 235 Å². The molecule has 0 saturated heterocycles. The van der Waals surface area contributed by atoms with Gasteiger partial charge in [0.25, 0.3) is 0 Å². The van der Waals surface area contributed by atoms with E-state index in [1.807, 2.05) is 0 Å². The smallest absolute Gasteiger partial charge is 0.0543 e. The van der Waals surface area contributed by atoms with Gasteiger partial charge in [-0.1, -0.05) is 175 Å². The largest absolute Gasteiger partial charge is 0.310 e. The Hall–Kier alpha value is -7.16. The fraction of sp³-hybridized carbons (Fsp3) is 0.278. The molecule has 2 aliphatic rings. The zero-order chi connectivity index (χ0) is 50.8. The lowest BCUT2D eigenvalue weighted by Crippen LogP contribution is -2.15. The normalized spacial score (nSPS) is 14.5. The molecule has 0 atom stereocenters. The maximum Gasteiger partial charge on any atom is 0.0543 e. The summed E-state index contributed by atoms with van der Waals surface area (Å²) in [7, 11) is 0. The maximum atomic E-state index is 2.64. The molecule has 0 N–H and O–H groups in total. The molecule has 0 aliphatic heterocycles. The van der Waals surface area contributed by atoms with E-state index in [4.69, 9.17) is 0 Å². The van der Waals surface area contributed by atoms with Crippen molar-refractivity contribution in [2.24, 2.45) is 0 Å². The van der Waals surface area contributed by atoms with Crippen LogP contribution in [0.1, 0.15) is 147 Å². The number of hydrogen-bond donors (Lipinski definition) is 0. The second-order valence-electron chi connectivity index (χ2n) is 22.8. The number of nitrogens with zero attached hydrogens (tertiary/aromatic N) is 2. The van der Waals surface area contributed by atoms with Crippen LogP contribution in [-0.2, 0) is 0 Å². The van der Waals surface area contributed by atoms with Crippen molar-refractivity contribution in [1.29, 1.82) is 0 Å². The maximum absolute atomic E-state index is 2.64. The second-order valence-corrected chi connectivity index (χ2v) is 22.8. The lowest BCUT2D eigenvalue weighted by atomic mass is 9.83. The molecule has 0 spiro atoms. The monoisotopic (exact) mass is 965 g/mol. The van der Waals surface area contributed by atoms with Gasteiger partial charge in [-0.3, -0.25) is 0 Å². The number of anilines is 6. The molecule has 0 bridgehead atoms. The SMILES string of the molecule is Cc1ccccc1-c1ccc(C)c(N(c2cccc(C3CCCC3)c2)c2cc(C(C)C)c3ccc4c(N(c5cccc(C6CCCC6)c5)c5cc(-c6ccccc6C)ccc5C)cc(C(C)C)c5ccc2c3c54)c1. The summed E-state index contributed by atoms with van der Waals surface area (Å²) in [4.78, 5) is 5.28. The van der Waals surface area contributed by atoms with E-state index in [1.54, 1.807) is 0 Å². The third kappa shape index (κ3) is 8.45. The predicted octanol–water partition coefficient (Wildman–Crippen LogP) is 21.7. The third-order valence-corrected chi connectivity index (χ3v) is 17.4. The Kier molecular flexibility index (Phi) is 12.7. The van der Waals surface area contributed by atoms with Crippen molar-refractivity contribution in [3.05, 3.63) is 214 Å². The lowest BCUT2D eigenvalue weighted by Gasteiger charge is -2.33. The van der Waals surface area contributed by atoms with Crippen LogP contribution in [0.15, 0.2) is 170 Å². The minimum Gasteiger partial charge on any atom is -0.310 e. The topological polar surface area (TPSA) is 6.48 Å². The average molecular weight is 965 g/mol. The summed E-state index contributed by atoms with van der Waals surface area (Å²) in [5.41, 5.74) is 23.2. The number of aryl methyl sites for hydroxylation is 4. The van der Waals surface area contributed by atoms with Crippen LogP contribution in [0.25, 0.3) is 54.6 Å². The van der Waals surface area contributed by atoms with Crippen LogP contribution < -0.4 is 9.80 Å². The Labute approximate surface area is 441 Å². The van der Waals surface area contributed by atoms with Gasteiger partial charge in [-0.25, -0.2) is 0 Å². The number of hydrogen-bond acceptors (Lipinski definition) is 2. The molecular weight excluding hydrogens is 893 g/mol. The van der Waals surface area contributed by atoms with Crippen molar-refractivity contribution < 1.29 is 0 Å². The van der Waals surface area contributed by atoms with E-state index >= 15 is 0 Å². The predicted molar refractivity (Wildman–Crippen MR) is 320 cm³/mol. The minimum absolute atomic E-state index is 0.287. The second kappa shape index (κ2) is 19.6. The molecule has 0 heterocycles. The summed E-state index contributed by atoms with van der Waals surface area (Å²) in [6.45, 7) is 18.6. The molecule has 2 saturated carbocycles. The van der Waals surface area contributed by atoms with Gasteiger partial charge >= 0.3 is 0 Å². The van der Waals surface area contributed by atoms with Crippen LogP contribution in [0.2, 0.25) is 0 Å². The standard InChI is InChI=1S/C72H72N2/c1-45(2)65-43-69(73(57-27-17-25-53(39-57)51-21-11-12-22-51)67-41-55(33-31-49(67)7)59-29-15-9-19-47(59)5)63-38-36-62-66(46(3)4)44-70(64-37-35-61(65)71(63)72(62)64)74(58-28-18-26-54(40-58)52-23-13-14-24-52)68-42-56(34-32-50(68)8)60-30-16-10-20-48(60)6/h9-10,15-20,25-46,51-52H,11-14,21-24H2,1-8H3. The van der Waals surface area contributed by atoms with Gasteiger partial charge in [0.2, 0.25) is 0 Å². The highest BCUT2D eigenvalue weighted by atomic mass is 15.2. The molecule has 0 radical (unpaired) electrons. The summed E-state index contributed by atoms with van der Waals surface area (Å²) in [5, 5.41) is 7.99. The first-order valence-electron chi connectivity index (χ1n) is 27.9. The zero-order valence-electron chi connectivity index (χ0n) is 45.0. The van der Waals surface area contributed by atoms with Crippen LogP contribution in [0.5, 0.6) is 0 Å². The molecule has 2 nitrogen and oxygen atoms in total. The van der Waals surface area contributed by atoms with Gasteiger partial charge in [-0.15, -0.1) is 0 Å². The molecule has 2 heteroatoms.